The minimum Gasteiger partial charge on any atom is -0.475 e. The number of aromatic nitrogens is 2. The van der Waals surface area contributed by atoms with Crippen LogP contribution in [0.1, 0.15) is 28.2 Å². The Kier molecular flexibility index (Phi) is 10.5. The van der Waals surface area contributed by atoms with Gasteiger partial charge in [-0.3, -0.25) is 14.6 Å². The van der Waals surface area contributed by atoms with Crippen molar-refractivity contribution in [3.63, 3.8) is 0 Å². The largest absolute Gasteiger partial charge is 0.490 e. The molecule has 0 aliphatic carbocycles. The number of aliphatic carboxylic acids is 1. The number of benzene rings is 2. The van der Waals surface area contributed by atoms with E-state index >= 15 is 0 Å². The van der Waals surface area contributed by atoms with Crippen LogP contribution in [0.25, 0.3) is 0 Å². The first-order valence-corrected chi connectivity index (χ1v) is 12.4. The number of nitrogens with one attached hydrogen (secondary N) is 2. The third-order valence-electron chi connectivity index (χ3n) is 5.62. The van der Waals surface area contributed by atoms with E-state index in [0.717, 1.165) is 57.2 Å². The maximum atomic E-state index is 12.6. The first kappa shape index (κ1) is 29.4. The molecule has 2 heterocycles. The monoisotopic (exact) mass is 571 g/mol. The van der Waals surface area contributed by atoms with Gasteiger partial charge in [0, 0.05) is 43.3 Å². The van der Waals surface area contributed by atoms with Crippen molar-refractivity contribution in [1.29, 1.82) is 0 Å². The third-order valence-corrected chi connectivity index (χ3v) is 6.36. The number of alkyl halides is 3. The van der Waals surface area contributed by atoms with Gasteiger partial charge in [-0.25, -0.2) is 9.78 Å². The smallest absolute Gasteiger partial charge is 0.475 e. The molecule has 3 aromatic rings. The van der Waals surface area contributed by atoms with E-state index in [1.165, 1.54) is 5.56 Å². The van der Waals surface area contributed by atoms with E-state index in [2.05, 4.69) is 31.2 Å². The highest BCUT2D eigenvalue weighted by molar-refractivity contribution is 6.42. The summed E-state index contributed by atoms with van der Waals surface area (Å²) in [5.74, 6) is -1.95. The molecule has 0 spiro atoms. The van der Waals surface area contributed by atoms with Gasteiger partial charge in [-0.05, 0) is 55.4 Å². The van der Waals surface area contributed by atoms with Crippen molar-refractivity contribution in [2.24, 2.45) is 0 Å². The van der Waals surface area contributed by atoms with Crippen molar-refractivity contribution in [1.82, 2.24) is 19.8 Å². The maximum Gasteiger partial charge on any atom is 0.490 e. The molecule has 3 N–H and O–H groups in total. The number of carbonyl (C=O) groups excluding carboxylic acids is 1. The number of nitrogens with zero attached hydrogens (tertiary/aromatic N) is 3. The fourth-order valence-corrected chi connectivity index (χ4v) is 4.08. The van der Waals surface area contributed by atoms with Gasteiger partial charge in [0.25, 0.3) is 5.91 Å². The molecule has 1 amide bonds. The van der Waals surface area contributed by atoms with Gasteiger partial charge in [-0.15, -0.1) is 0 Å². The van der Waals surface area contributed by atoms with E-state index in [1.54, 1.807) is 24.4 Å². The van der Waals surface area contributed by atoms with Crippen molar-refractivity contribution in [3.8, 4) is 0 Å². The second kappa shape index (κ2) is 13.6. The number of carboxylic acids is 1. The first-order valence-electron chi connectivity index (χ1n) is 11.6. The highest BCUT2D eigenvalue weighted by Gasteiger charge is 2.38. The molecule has 0 radical (unpaired) electrons. The summed E-state index contributed by atoms with van der Waals surface area (Å²) in [5.41, 5.74) is 2.42. The second-order valence-corrected chi connectivity index (χ2v) is 9.34. The summed E-state index contributed by atoms with van der Waals surface area (Å²) in [4.78, 5) is 33.9. The van der Waals surface area contributed by atoms with E-state index in [4.69, 9.17) is 33.1 Å². The predicted octanol–water partition coefficient (Wildman–Crippen LogP) is 5.31. The molecule has 1 aliphatic rings. The Morgan fingerprint density at radius 2 is 1.68 bits per heavy atom. The zero-order valence-corrected chi connectivity index (χ0v) is 21.7. The number of anilines is 1. The van der Waals surface area contributed by atoms with Crippen LogP contribution >= 0.6 is 23.2 Å². The number of aromatic amines is 1. The number of hydrogen-bond acceptors (Lipinski definition) is 5. The van der Waals surface area contributed by atoms with Crippen LogP contribution in [0.5, 0.6) is 0 Å². The van der Waals surface area contributed by atoms with Gasteiger partial charge in [-0.2, -0.15) is 13.2 Å². The normalized spacial score (nSPS) is 14.8. The lowest BCUT2D eigenvalue weighted by atomic mass is 10.1. The molecular weight excluding hydrogens is 546 g/mol. The van der Waals surface area contributed by atoms with E-state index in [9.17, 15) is 18.0 Å². The summed E-state index contributed by atoms with van der Waals surface area (Å²) >= 11 is 12.0. The van der Waals surface area contributed by atoms with E-state index in [-0.39, 0.29) is 5.91 Å². The van der Waals surface area contributed by atoms with E-state index < -0.39 is 12.1 Å². The van der Waals surface area contributed by atoms with Crippen molar-refractivity contribution in [2.75, 3.05) is 31.5 Å². The zero-order chi connectivity index (χ0) is 27.7. The highest BCUT2D eigenvalue weighted by atomic mass is 35.5. The summed E-state index contributed by atoms with van der Waals surface area (Å²) in [5, 5.41) is 10.9. The van der Waals surface area contributed by atoms with Crippen LogP contribution < -0.4 is 5.32 Å². The van der Waals surface area contributed by atoms with Crippen molar-refractivity contribution >= 4 is 40.8 Å². The van der Waals surface area contributed by atoms with Gasteiger partial charge >= 0.3 is 12.1 Å². The highest BCUT2D eigenvalue weighted by Crippen LogP contribution is 2.23. The number of halogens is 5. The van der Waals surface area contributed by atoms with Crippen molar-refractivity contribution in [3.05, 3.63) is 81.9 Å². The van der Waals surface area contributed by atoms with Gasteiger partial charge in [-0.1, -0.05) is 35.3 Å². The fourth-order valence-electron chi connectivity index (χ4n) is 3.78. The molecule has 8 nitrogen and oxygen atoms in total. The van der Waals surface area contributed by atoms with E-state index in [0.29, 0.717) is 15.6 Å². The second-order valence-electron chi connectivity index (χ2n) is 8.53. The molecule has 1 saturated heterocycles. The Hall–Kier alpha value is -3.12. The van der Waals surface area contributed by atoms with Crippen LogP contribution in [-0.2, 0) is 17.9 Å². The molecule has 204 valence electrons. The van der Waals surface area contributed by atoms with Gasteiger partial charge in [0.15, 0.2) is 0 Å². The van der Waals surface area contributed by atoms with Crippen LogP contribution in [-0.4, -0.2) is 69.1 Å². The molecule has 2 aromatic carbocycles. The van der Waals surface area contributed by atoms with Crippen LogP contribution in [0.3, 0.4) is 0 Å². The Morgan fingerprint density at radius 1 is 1.00 bits per heavy atom. The SMILES string of the molecule is O=C(Nc1cccc(CN2CCCN(Cc3ncc[nH]3)CC2)c1)c1ccc(Cl)c(Cl)c1.O=C(O)C(F)(F)F. The molecule has 1 fully saturated rings. The van der Waals surface area contributed by atoms with Crippen molar-refractivity contribution < 1.29 is 27.9 Å². The van der Waals surface area contributed by atoms with Crippen LogP contribution in [0.2, 0.25) is 10.0 Å². The first-order chi connectivity index (χ1) is 18.0. The van der Waals surface area contributed by atoms with Gasteiger partial charge in [0.2, 0.25) is 0 Å². The van der Waals surface area contributed by atoms with Crippen LogP contribution in [0.4, 0.5) is 18.9 Å². The summed E-state index contributed by atoms with van der Waals surface area (Å²) in [6, 6.07) is 12.9. The summed E-state index contributed by atoms with van der Waals surface area (Å²) in [7, 11) is 0. The number of amides is 1. The molecule has 0 saturated carbocycles. The van der Waals surface area contributed by atoms with Crippen LogP contribution in [0.15, 0.2) is 54.9 Å². The van der Waals surface area contributed by atoms with Gasteiger partial charge in [0.1, 0.15) is 5.82 Å². The number of hydrogen-bond donors (Lipinski definition) is 3. The number of rotatable bonds is 6. The Bertz CT molecular complexity index is 1230. The standard InChI is InChI=1S/C23H25Cl2N5O.C2HF3O2/c24-20-6-5-18(14-21(20)25)23(31)28-19-4-1-3-17(13-19)15-29-9-2-10-30(12-11-29)16-22-26-7-8-27-22;3-2(4,5)1(6)7/h1,3-8,13-14H,2,9-12,15-16H2,(H,26,27)(H,28,31);(H,6,7). The molecule has 1 aliphatic heterocycles. The topological polar surface area (TPSA) is 102 Å². The summed E-state index contributed by atoms with van der Waals surface area (Å²) in [6.45, 7) is 5.84. The van der Waals surface area contributed by atoms with Crippen LogP contribution in [0, 0.1) is 0 Å². The Balaban J connectivity index is 0.000000505. The number of carbonyl (C=O) groups is 2. The lowest BCUT2D eigenvalue weighted by molar-refractivity contribution is -0.192. The zero-order valence-electron chi connectivity index (χ0n) is 20.1. The average molecular weight is 572 g/mol. The molecule has 13 heteroatoms. The van der Waals surface area contributed by atoms with Crippen molar-refractivity contribution in [2.45, 2.75) is 25.7 Å². The molecular formula is C25H26Cl2F3N5O3. The minimum atomic E-state index is -5.08. The van der Waals surface area contributed by atoms with Gasteiger partial charge < -0.3 is 15.4 Å². The average Bonchev–Trinajstić information content (AvgIpc) is 3.27. The maximum absolute atomic E-state index is 12.6. The lowest BCUT2D eigenvalue weighted by Gasteiger charge is -2.21. The Labute approximate surface area is 227 Å². The quantitative estimate of drug-likeness (QED) is 0.370. The number of carboxylic acid groups (broad SMARTS) is 1. The molecule has 38 heavy (non-hydrogen) atoms. The molecule has 0 bridgehead atoms. The summed E-state index contributed by atoms with van der Waals surface area (Å²) < 4.78 is 31.7. The lowest BCUT2D eigenvalue weighted by Crippen LogP contribution is -2.30. The predicted molar refractivity (Wildman–Crippen MR) is 138 cm³/mol. The third kappa shape index (κ3) is 9.32. The minimum absolute atomic E-state index is 0.209. The van der Waals surface area contributed by atoms with E-state index in [1.807, 2.05) is 24.4 Å². The number of imidazole rings is 1. The number of H-pyrrole nitrogens is 1. The molecule has 1 aromatic heterocycles. The molecule has 4 rings (SSSR count). The fraction of sp³-hybridized carbons (Fsp3) is 0.320. The van der Waals surface area contributed by atoms with Gasteiger partial charge in [0.05, 0.1) is 16.6 Å². The molecule has 0 unspecified atom stereocenters. The summed E-state index contributed by atoms with van der Waals surface area (Å²) in [6.07, 6.45) is -0.298. The molecule has 0 atom stereocenters. The Morgan fingerprint density at radius 3 is 2.29 bits per heavy atom.